The van der Waals surface area contributed by atoms with Crippen molar-refractivity contribution in [2.75, 3.05) is 6.61 Å². The van der Waals surface area contributed by atoms with Gasteiger partial charge in [-0.15, -0.1) is 11.3 Å². The number of ether oxygens (including phenoxy) is 1. The summed E-state index contributed by atoms with van der Waals surface area (Å²) >= 11 is 1.51. The van der Waals surface area contributed by atoms with E-state index in [4.69, 9.17) is 4.74 Å². The summed E-state index contributed by atoms with van der Waals surface area (Å²) in [6.07, 6.45) is 4.77. The molecule has 1 aromatic rings. The summed E-state index contributed by atoms with van der Waals surface area (Å²) in [5.41, 5.74) is 1.07. The summed E-state index contributed by atoms with van der Waals surface area (Å²) in [5.74, 6) is -1.28. The molecule has 2 N–H and O–H groups in total. The predicted octanol–water partition coefficient (Wildman–Crippen LogP) is 1.60. The Morgan fingerprint density at radius 3 is 2.81 bits per heavy atom. The first-order valence-electron chi connectivity index (χ1n) is 6.54. The van der Waals surface area contributed by atoms with Crippen LogP contribution in [0.3, 0.4) is 0 Å². The molecule has 1 aliphatic rings. The highest BCUT2D eigenvalue weighted by molar-refractivity contribution is 7.11. The Labute approximate surface area is 126 Å². The van der Waals surface area contributed by atoms with Crippen LogP contribution < -0.4 is 10.6 Å². The number of amides is 3. The first-order valence-corrected chi connectivity index (χ1v) is 7.42. The SMILES string of the molecule is Cc1ccsc1/C=C/C(=O)OCC(=O)NC(=O)NC1CC1. The Kier molecular flexibility index (Phi) is 5.10. The molecule has 1 saturated carbocycles. The monoisotopic (exact) mass is 308 g/mol. The minimum atomic E-state index is -0.651. The molecular weight excluding hydrogens is 292 g/mol. The van der Waals surface area contributed by atoms with Crippen LogP contribution in [-0.2, 0) is 14.3 Å². The van der Waals surface area contributed by atoms with Gasteiger partial charge < -0.3 is 10.1 Å². The zero-order valence-corrected chi connectivity index (χ0v) is 12.4. The maximum atomic E-state index is 11.4. The molecule has 1 heterocycles. The number of thiophene rings is 1. The molecule has 1 fully saturated rings. The Bertz CT molecular complexity index is 575. The van der Waals surface area contributed by atoms with Gasteiger partial charge in [0, 0.05) is 17.0 Å². The van der Waals surface area contributed by atoms with Gasteiger partial charge in [-0.2, -0.15) is 0 Å². The third-order valence-electron chi connectivity index (χ3n) is 2.78. The van der Waals surface area contributed by atoms with Crippen molar-refractivity contribution in [2.24, 2.45) is 0 Å². The van der Waals surface area contributed by atoms with E-state index in [1.54, 1.807) is 6.08 Å². The zero-order chi connectivity index (χ0) is 15.2. The zero-order valence-electron chi connectivity index (χ0n) is 11.5. The average molecular weight is 308 g/mol. The molecular formula is C14H16N2O4S. The number of hydrogen-bond acceptors (Lipinski definition) is 5. The number of imide groups is 1. The maximum absolute atomic E-state index is 11.4. The second kappa shape index (κ2) is 7.03. The minimum Gasteiger partial charge on any atom is -0.452 e. The third kappa shape index (κ3) is 5.39. The van der Waals surface area contributed by atoms with Crippen molar-refractivity contribution in [2.45, 2.75) is 25.8 Å². The standard InChI is InChI=1S/C14H16N2O4S/c1-9-6-7-21-11(9)4-5-13(18)20-8-12(17)16-14(19)15-10-2-3-10/h4-7,10H,2-3,8H2,1H3,(H2,15,16,17,19)/b5-4+. The van der Waals surface area contributed by atoms with Gasteiger partial charge in [0.25, 0.3) is 5.91 Å². The molecule has 0 atom stereocenters. The van der Waals surface area contributed by atoms with E-state index in [0.717, 1.165) is 23.3 Å². The van der Waals surface area contributed by atoms with Crippen LogP contribution >= 0.6 is 11.3 Å². The number of esters is 1. The number of rotatable bonds is 5. The lowest BCUT2D eigenvalue weighted by atomic mass is 10.3. The molecule has 0 radical (unpaired) electrons. The first-order chi connectivity index (χ1) is 10.0. The fourth-order valence-electron chi connectivity index (χ4n) is 1.50. The van der Waals surface area contributed by atoms with Crippen LogP contribution in [0.2, 0.25) is 0 Å². The van der Waals surface area contributed by atoms with Crippen LogP contribution in [0.4, 0.5) is 4.79 Å². The number of urea groups is 1. The molecule has 0 aromatic carbocycles. The quantitative estimate of drug-likeness (QED) is 0.639. The van der Waals surface area contributed by atoms with Crippen LogP contribution in [0.15, 0.2) is 17.5 Å². The molecule has 1 aromatic heterocycles. The molecule has 0 unspecified atom stereocenters. The summed E-state index contributed by atoms with van der Waals surface area (Å²) in [5, 5.41) is 6.62. The summed E-state index contributed by atoms with van der Waals surface area (Å²) in [7, 11) is 0. The van der Waals surface area contributed by atoms with Crippen molar-refractivity contribution in [3.8, 4) is 0 Å². The number of hydrogen-bond donors (Lipinski definition) is 2. The van der Waals surface area contributed by atoms with E-state index < -0.39 is 24.5 Å². The van der Waals surface area contributed by atoms with E-state index in [-0.39, 0.29) is 6.04 Å². The Morgan fingerprint density at radius 2 is 2.19 bits per heavy atom. The van der Waals surface area contributed by atoms with Gasteiger partial charge in [-0.1, -0.05) is 0 Å². The van der Waals surface area contributed by atoms with Crippen molar-refractivity contribution in [1.29, 1.82) is 0 Å². The molecule has 0 spiro atoms. The third-order valence-corrected chi connectivity index (χ3v) is 3.77. The number of carbonyl (C=O) groups is 3. The van der Waals surface area contributed by atoms with Gasteiger partial charge in [-0.05, 0) is 42.9 Å². The highest BCUT2D eigenvalue weighted by Crippen LogP contribution is 2.18. The van der Waals surface area contributed by atoms with Gasteiger partial charge in [0.2, 0.25) is 0 Å². The van der Waals surface area contributed by atoms with Crippen molar-refractivity contribution >= 4 is 35.3 Å². The molecule has 7 heteroatoms. The topological polar surface area (TPSA) is 84.5 Å². The summed E-state index contributed by atoms with van der Waals surface area (Å²) < 4.78 is 4.75. The van der Waals surface area contributed by atoms with Crippen LogP contribution in [0.25, 0.3) is 6.08 Å². The van der Waals surface area contributed by atoms with Gasteiger partial charge in [0.05, 0.1) is 0 Å². The lowest BCUT2D eigenvalue weighted by Crippen LogP contribution is -2.42. The van der Waals surface area contributed by atoms with E-state index in [1.165, 1.54) is 17.4 Å². The normalized spacial score (nSPS) is 14.0. The fourth-order valence-corrected chi connectivity index (χ4v) is 2.31. The van der Waals surface area contributed by atoms with Crippen LogP contribution in [0.5, 0.6) is 0 Å². The van der Waals surface area contributed by atoms with E-state index in [0.29, 0.717) is 0 Å². The molecule has 0 saturated heterocycles. The van der Waals surface area contributed by atoms with Crippen molar-refractivity contribution < 1.29 is 19.1 Å². The summed E-state index contributed by atoms with van der Waals surface area (Å²) in [6, 6.07) is 1.56. The van der Waals surface area contributed by atoms with Crippen LogP contribution in [0.1, 0.15) is 23.3 Å². The lowest BCUT2D eigenvalue weighted by Gasteiger charge is -2.05. The highest BCUT2D eigenvalue weighted by atomic mass is 32.1. The molecule has 3 amide bonds. The van der Waals surface area contributed by atoms with Gasteiger partial charge >= 0.3 is 12.0 Å². The minimum absolute atomic E-state index is 0.164. The van der Waals surface area contributed by atoms with E-state index >= 15 is 0 Å². The highest BCUT2D eigenvalue weighted by Gasteiger charge is 2.23. The molecule has 21 heavy (non-hydrogen) atoms. The summed E-state index contributed by atoms with van der Waals surface area (Å²) in [4.78, 5) is 35.0. The molecule has 0 bridgehead atoms. The number of aryl methyl sites for hydroxylation is 1. The molecule has 112 valence electrons. The first kappa shape index (κ1) is 15.2. The van der Waals surface area contributed by atoms with Gasteiger partial charge in [-0.25, -0.2) is 9.59 Å². The largest absolute Gasteiger partial charge is 0.452 e. The average Bonchev–Trinajstić information content (AvgIpc) is 3.14. The Hall–Kier alpha value is -2.15. The van der Waals surface area contributed by atoms with E-state index in [2.05, 4.69) is 10.6 Å². The van der Waals surface area contributed by atoms with Gasteiger partial charge in [0.15, 0.2) is 6.61 Å². The van der Waals surface area contributed by atoms with E-state index in [9.17, 15) is 14.4 Å². The summed E-state index contributed by atoms with van der Waals surface area (Å²) in [6.45, 7) is 1.46. The van der Waals surface area contributed by atoms with Crippen LogP contribution in [-0.4, -0.2) is 30.6 Å². The van der Waals surface area contributed by atoms with Crippen LogP contribution in [0, 0.1) is 6.92 Å². The smallest absolute Gasteiger partial charge is 0.331 e. The molecule has 6 nitrogen and oxygen atoms in total. The maximum Gasteiger partial charge on any atom is 0.331 e. The Morgan fingerprint density at radius 1 is 1.43 bits per heavy atom. The number of carbonyl (C=O) groups excluding carboxylic acids is 3. The van der Waals surface area contributed by atoms with Gasteiger partial charge in [0.1, 0.15) is 0 Å². The lowest BCUT2D eigenvalue weighted by molar-refractivity contribution is -0.143. The predicted molar refractivity (Wildman–Crippen MR) is 78.7 cm³/mol. The fraction of sp³-hybridized carbons (Fsp3) is 0.357. The van der Waals surface area contributed by atoms with Gasteiger partial charge in [-0.3, -0.25) is 10.1 Å². The molecule has 0 aliphatic heterocycles. The molecule has 1 aliphatic carbocycles. The van der Waals surface area contributed by atoms with Crippen molar-refractivity contribution in [3.05, 3.63) is 28.0 Å². The second-order valence-electron chi connectivity index (χ2n) is 4.70. The van der Waals surface area contributed by atoms with Crippen molar-refractivity contribution in [3.63, 3.8) is 0 Å². The second-order valence-corrected chi connectivity index (χ2v) is 5.65. The number of nitrogens with one attached hydrogen (secondary N) is 2. The molecule has 2 rings (SSSR count). The Balaban J connectivity index is 1.68. The van der Waals surface area contributed by atoms with Crippen molar-refractivity contribution in [1.82, 2.24) is 10.6 Å². The van der Waals surface area contributed by atoms with E-state index in [1.807, 2.05) is 18.4 Å².